The Morgan fingerprint density at radius 3 is 2.95 bits per heavy atom. The van der Waals surface area contributed by atoms with Crippen LogP contribution in [0.1, 0.15) is 25.5 Å². The van der Waals surface area contributed by atoms with Gasteiger partial charge in [-0.15, -0.1) is 0 Å². The molecule has 2 atom stereocenters. The van der Waals surface area contributed by atoms with Gasteiger partial charge in [0.15, 0.2) is 0 Å². The largest absolute Gasteiger partial charge is 0.481 e. The predicted octanol–water partition coefficient (Wildman–Crippen LogP) is 2.15. The van der Waals surface area contributed by atoms with Gasteiger partial charge in [-0.1, -0.05) is 0 Å². The molecule has 2 heterocycles. The Morgan fingerprint density at radius 1 is 1.53 bits per heavy atom. The first-order valence-electron chi connectivity index (χ1n) is 6.56. The van der Waals surface area contributed by atoms with Crippen molar-refractivity contribution < 1.29 is 14.3 Å². The van der Waals surface area contributed by atoms with Crippen molar-refractivity contribution in [3.8, 4) is 5.88 Å². The van der Waals surface area contributed by atoms with Crippen molar-refractivity contribution in [3.63, 3.8) is 0 Å². The second-order valence-electron chi connectivity index (χ2n) is 4.80. The van der Waals surface area contributed by atoms with Gasteiger partial charge in [0.2, 0.25) is 11.8 Å². The van der Waals surface area contributed by atoms with E-state index in [9.17, 15) is 4.79 Å². The van der Waals surface area contributed by atoms with E-state index in [1.807, 2.05) is 19.9 Å². The van der Waals surface area contributed by atoms with Crippen molar-refractivity contribution in [1.29, 1.82) is 0 Å². The molecule has 0 radical (unpaired) electrons. The zero-order valence-electron chi connectivity index (χ0n) is 11.6. The molecule has 1 aliphatic heterocycles. The Kier molecular flexibility index (Phi) is 4.37. The lowest BCUT2D eigenvalue weighted by atomic mass is 9.94. The first kappa shape index (κ1) is 13.8. The summed E-state index contributed by atoms with van der Waals surface area (Å²) in [4.78, 5) is 16.5. The number of carbonyl (C=O) groups excluding carboxylic acids is 1. The quantitative estimate of drug-likeness (QED) is 0.908. The number of aryl methyl sites for hydroxylation is 1. The van der Waals surface area contributed by atoms with Crippen LogP contribution in [-0.2, 0) is 9.53 Å². The van der Waals surface area contributed by atoms with Crippen molar-refractivity contribution >= 4 is 11.6 Å². The van der Waals surface area contributed by atoms with Gasteiger partial charge in [0.1, 0.15) is 0 Å². The van der Waals surface area contributed by atoms with Crippen LogP contribution >= 0.6 is 0 Å². The number of hydrogen-bond acceptors (Lipinski definition) is 4. The first-order chi connectivity index (χ1) is 9.11. The minimum Gasteiger partial charge on any atom is -0.481 e. The molecule has 1 N–H and O–H groups in total. The fraction of sp³-hybridized carbons (Fsp3) is 0.571. The van der Waals surface area contributed by atoms with Crippen LogP contribution < -0.4 is 10.1 Å². The van der Waals surface area contributed by atoms with Crippen molar-refractivity contribution in [2.24, 2.45) is 5.92 Å². The van der Waals surface area contributed by atoms with E-state index in [-0.39, 0.29) is 17.9 Å². The lowest BCUT2D eigenvalue weighted by molar-refractivity contribution is -0.127. The number of methoxy groups -OCH3 is 1. The third-order valence-electron chi connectivity index (χ3n) is 3.47. The maximum Gasteiger partial charge on any atom is 0.230 e. The molecule has 1 saturated heterocycles. The second kappa shape index (κ2) is 6.02. The van der Waals surface area contributed by atoms with Gasteiger partial charge in [0.25, 0.3) is 0 Å². The topological polar surface area (TPSA) is 60.5 Å². The van der Waals surface area contributed by atoms with Gasteiger partial charge in [-0.05, 0) is 32.8 Å². The molecule has 5 heteroatoms. The maximum absolute atomic E-state index is 12.2. The molecule has 0 bridgehead atoms. The van der Waals surface area contributed by atoms with Gasteiger partial charge < -0.3 is 14.8 Å². The van der Waals surface area contributed by atoms with Crippen LogP contribution in [0.2, 0.25) is 0 Å². The zero-order chi connectivity index (χ0) is 13.8. The van der Waals surface area contributed by atoms with Crippen LogP contribution in [0.5, 0.6) is 5.88 Å². The second-order valence-corrected chi connectivity index (χ2v) is 4.80. The van der Waals surface area contributed by atoms with E-state index in [1.165, 1.54) is 0 Å². The molecule has 0 aliphatic carbocycles. The zero-order valence-corrected chi connectivity index (χ0v) is 11.6. The summed E-state index contributed by atoms with van der Waals surface area (Å²) in [5, 5.41) is 2.92. The minimum atomic E-state index is -0.0877. The van der Waals surface area contributed by atoms with Gasteiger partial charge >= 0.3 is 0 Å². The summed E-state index contributed by atoms with van der Waals surface area (Å²) >= 11 is 0. The summed E-state index contributed by atoms with van der Waals surface area (Å²) in [6, 6.07) is 3.55. The number of amides is 1. The molecule has 2 unspecified atom stereocenters. The van der Waals surface area contributed by atoms with Crippen LogP contribution in [0.15, 0.2) is 12.1 Å². The van der Waals surface area contributed by atoms with E-state index < -0.39 is 0 Å². The molecule has 1 aromatic heterocycles. The van der Waals surface area contributed by atoms with Gasteiger partial charge in [-0.3, -0.25) is 4.79 Å². The molecule has 19 heavy (non-hydrogen) atoms. The van der Waals surface area contributed by atoms with Gasteiger partial charge in [-0.25, -0.2) is 4.98 Å². The number of ether oxygens (including phenoxy) is 2. The molecular formula is C14H20N2O3. The molecule has 1 amide bonds. The molecule has 5 nitrogen and oxygen atoms in total. The molecule has 1 fully saturated rings. The maximum atomic E-state index is 12.2. The summed E-state index contributed by atoms with van der Waals surface area (Å²) in [5.41, 5.74) is 1.47. The number of carbonyl (C=O) groups is 1. The molecule has 0 spiro atoms. The van der Waals surface area contributed by atoms with E-state index >= 15 is 0 Å². The fourth-order valence-corrected chi connectivity index (χ4v) is 2.28. The lowest BCUT2D eigenvalue weighted by Crippen LogP contribution is -2.36. The monoisotopic (exact) mass is 264 g/mol. The molecule has 1 aliphatic rings. The molecule has 2 rings (SSSR count). The third-order valence-corrected chi connectivity index (χ3v) is 3.47. The normalized spacial score (nSPS) is 22.9. The van der Waals surface area contributed by atoms with Crippen molar-refractivity contribution in [3.05, 3.63) is 17.8 Å². The molecule has 1 aromatic rings. The van der Waals surface area contributed by atoms with E-state index in [4.69, 9.17) is 9.47 Å². The molecule has 104 valence electrons. The standard InChI is InChI=1S/C14H20N2O3/c1-9-12(6-7-13(15-9)18-3)16-14(17)11-5-4-8-19-10(11)2/h6-7,10-11H,4-5,8H2,1-3H3,(H,16,17). The van der Waals surface area contributed by atoms with Crippen molar-refractivity contribution in [2.45, 2.75) is 32.8 Å². The summed E-state index contributed by atoms with van der Waals surface area (Å²) in [5.74, 6) is 0.461. The van der Waals surface area contributed by atoms with Crippen LogP contribution in [0, 0.1) is 12.8 Å². The third kappa shape index (κ3) is 3.23. The van der Waals surface area contributed by atoms with Crippen LogP contribution in [0.3, 0.4) is 0 Å². The number of rotatable bonds is 3. The molecule has 0 aromatic carbocycles. The Hall–Kier alpha value is -1.62. The molecular weight excluding hydrogens is 244 g/mol. The lowest BCUT2D eigenvalue weighted by Gasteiger charge is -2.28. The van der Waals surface area contributed by atoms with Crippen molar-refractivity contribution in [1.82, 2.24) is 4.98 Å². The smallest absolute Gasteiger partial charge is 0.230 e. The Bertz CT molecular complexity index is 462. The van der Waals surface area contributed by atoms with Crippen LogP contribution in [0.25, 0.3) is 0 Å². The average Bonchev–Trinajstić information content (AvgIpc) is 2.41. The minimum absolute atomic E-state index is 0.00210. The van der Waals surface area contributed by atoms with E-state index in [0.29, 0.717) is 5.88 Å². The fourth-order valence-electron chi connectivity index (χ4n) is 2.28. The van der Waals surface area contributed by atoms with Gasteiger partial charge in [-0.2, -0.15) is 0 Å². The number of pyridine rings is 1. The van der Waals surface area contributed by atoms with Gasteiger partial charge in [0, 0.05) is 12.7 Å². The Balaban J connectivity index is 2.06. The highest BCUT2D eigenvalue weighted by molar-refractivity contribution is 5.93. The number of nitrogens with one attached hydrogen (secondary N) is 1. The first-order valence-corrected chi connectivity index (χ1v) is 6.56. The van der Waals surface area contributed by atoms with Crippen molar-refractivity contribution in [2.75, 3.05) is 19.0 Å². The van der Waals surface area contributed by atoms with Gasteiger partial charge in [0.05, 0.1) is 30.5 Å². The highest BCUT2D eigenvalue weighted by atomic mass is 16.5. The van der Waals surface area contributed by atoms with E-state index in [0.717, 1.165) is 30.8 Å². The number of hydrogen-bond donors (Lipinski definition) is 1. The van der Waals surface area contributed by atoms with E-state index in [1.54, 1.807) is 13.2 Å². The molecule has 0 saturated carbocycles. The number of anilines is 1. The van der Waals surface area contributed by atoms with Crippen LogP contribution in [-0.4, -0.2) is 30.7 Å². The summed E-state index contributed by atoms with van der Waals surface area (Å²) < 4.78 is 10.6. The predicted molar refractivity (Wildman–Crippen MR) is 72.3 cm³/mol. The average molecular weight is 264 g/mol. The summed E-state index contributed by atoms with van der Waals surface area (Å²) in [7, 11) is 1.57. The summed E-state index contributed by atoms with van der Waals surface area (Å²) in [6.07, 6.45) is 1.78. The summed E-state index contributed by atoms with van der Waals surface area (Å²) in [6.45, 7) is 4.54. The highest BCUT2D eigenvalue weighted by Crippen LogP contribution is 2.23. The Labute approximate surface area is 113 Å². The SMILES string of the molecule is COc1ccc(NC(=O)C2CCCOC2C)c(C)n1. The Morgan fingerprint density at radius 2 is 2.32 bits per heavy atom. The number of nitrogens with zero attached hydrogens (tertiary/aromatic N) is 1. The highest BCUT2D eigenvalue weighted by Gasteiger charge is 2.28. The van der Waals surface area contributed by atoms with Crippen LogP contribution in [0.4, 0.5) is 5.69 Å². The number of aromatic nitrogens is 1. The van der Waals surface area contributed by atoms with E-state index in [2.05, 4.69) is 10.3 Å².